The van der Waals surface area contributed by atoms with Crippen LogP contribution >= 0.6 is 0 Å². The highest BCUT2D eigenvalue weighted by Crippen LogP contribution is 2.50. The summed E-state index contributed by atoms with van der Waals surface area (Å²) < 4.78 is 0. The van der Waals surface area contributed by atoms with E-state index in [1.807, 2.05) is 0 Å². The minimum absolute atomic E-state index is 0.00926. The fourth-order valence-corrected chi connectivity index (χ4v) is 1.81. The third-order valence-electron chi connectivity index (χ3n) is 2.66. The van der Waals surface area contributed by atoms with Gasteiger partial charge in [-0.2, -0.15) is 0 Å². The molecule has 0 aromatic heterocycles. The molecule has 2 aliphatic rings. The molecule has 3 atom stereocenters. The van der Waals surface area contributed by atoms with Gasteiger partial charge >= 0.3 is 0 Å². The smallest absolute Gasteiger partial charge is 0.267 e. The fourth-order valence-electron chi connectivity index (χ4n) is 1.81. The number of carbonyl (C=O) groups is 1. The van der Waals surface area contributed by atoms with Crippen molar-refractivity contribution in [2.45, 2.75) is 18.1 Å². The van der Waals surface area contributed by atoms with Crippen LogP contribution in [-0.2, 0) is 4.79 Å². The molecule has 0 spiro atoms. The van der Waals surface area contributed by atoms with Gasteiger partial charge in [-0.1, -0.05) is 5.92 Å². The maximum absolute atomic E-state index is 11.2. The van der Waals surface area contributed by atoms with E-state index in [9.17, 15) is 9.90 Å². The number of amides is 1. The van der Waals surface area contributed by atoms with Crippen molar-refractivity contribution in [1.82, 2.24) is 4.90 Å². The Morgan fingerprint density at radius 1 is 1.91 bits per heavy atom. The molecule has 11 heavy (non-hydrogen) atoms. The van der Waals surface area contributed by atoms with Crippen LogP contribution in [0.2, 0.25) is 0 Å². The van der Waals surface area contributed by atoms with E-state index in [4.69, 9.17) is 6.42 Å². The van der Waals surface area contributed by atoms with Crippen LogP contribution in [0.1, 0.15) is 6.42 Å². The number of hydrogen-bond donors (Lipinski definition) is 1. The summed E-state index contributed by atoms with van der Waals surface area (Å²) in [6.07, 6.45) is 5.94. The summed E-state index contributed by atoms with van der Waals surface area (Å²) in [6, 6.07) is 0.198. The SMILES string of the molecule is C#C[C@]1(O)C(=O)N(C)[C@@H]2CC21. The van der Waals surface area contributed by atoms with E-state index in [2.05, 4.69) is 5.92 Å². The summed E-state index contributed by atoms with van der Waals surface area (Å²) in [5.41, 5.74) is -1.49. The second-order valence-corrected chi connectivity index (χ2v) is 3.24. The second-order valence-electron chi connectivity index (χ2n) is 3.24. The molecule has 1 amide bonds. The van der Waals surface area contributed by atoms with E-state index in [0.717, 1.165) is 6.42 Å². The molecule has 0 bridgehead atoms. The molecule has 2 fully saturated rings. The van der Waals surface area contributed by atoms with E-state index in [-0.39, 0.29) is 17.9 Å². The van der Waals surface area contributed by atoms with Gasteiger partial charge in [0.05, 0.1) is 0 Å². The van der Waals surface area contributed by atoms with Crippen molar-refractivity contribution in [3.05, 3.63) is 0 Å². The number of fused-ring (bicyclic) bond motifs is 1. The van der Waals surface area contributed by atoms with E-state index < -0.39 is 5.60 Å². The van der Waals surface area contributed by atoms with Gasteiger partial charge < -0.3 is 10.0 Å². The molecule has 58 valence electrons. The Morgan fingerprint density at radius 2 is 2.55 bits per heavy atom. The quantitative estimate of drug-likeness (QED) is 0.461. The molecule has 1 unspecified atom stereocenters. The van der Waals surface area contributed by atoms with E-state index >= 15 is 0 Å². The summed E-state index contributed by atoms with van der Waals surface area (Å²) in [6.45, 7) is 0. The fraction of sp³-hybridized carbons (Fsp3) is 0.625. The molecule has 1 saturated carbocycles. The van der Waals surface area contributed by atoms with Crippen molar-refractivity contribution in [3.8, 4) is 12.3 Å². The summed E-state index contributed by atoms with van der Waals surface area (Å²) in [5, 5.41) is 9.62. The molecule has 3 heteroatoms. The van der Waals surface area contributed by atoms with Crippen molar-refractivity contribution in [2.24, 2.45) is 5.92 Å². The number of piperidine rings is 1. The standard InChI is InChI=1S/C8H9NO2/c1-3-8(11)5-4-6(5)9(2)7(8)10/h1,5-6,11H,4H2,2H3/t5?,6-,8-/m1/s1. The second kappa shape index (κ2) is 1.59. The number of nitrogens with zero attached hydrogens (tertiary/aromatic N) is 1. The molecule has 1 aliphatic carbocycles. The number of terminal acetylenes is 1. The van der Waals surface area contributed by atoms with Crippen LogP contribution in [0.5, 0.6) is 0 Å². The lowest BCUT2D eigenvalue weighted by Gasteiger charge is -2.18. The molecule has 2 rings (SSSR count). The Labute approximate surface area is 65.0 Å². The number of hydrogen-bond acceptors (Lipinski definition) is 2. The van der Waals surface area contributed by atoms with Gasteiger partial charge in [-0.3, -0.25) is 4.79 Å². The average Bonchev–Trinajstić information content (AvgIpc) is 2.75. The summed E-state index contributed by atoms with van der Waals surface area (Å²) in [5.74, 6) is 1.85. The third kappa shape index (κ3) is 0.561. The highest BCUT2D eigenvalue weighted by Gasteiger charge is 2.65. The predicted molar refractivity (Wildman–Crippen MR) is 38.4 cm³/mol. The molecule has 1 saturated heterocycles. The zero-order valence-corrected chi connectivity index (χ0v) is 6.24. The van der Waals surface area contributed by atoms with Gasteiger partial charge in [0.25, 0.3) is 5.91 Å². The topological polar surface area (TPSA) is 40.5 Å². The van der Waals surface area contributed by atoms with Gasteiger partial charge in [0, 0.05) is 19.0 Å². The van der Waals surface area contributed by atoms with Crippen molar-refractivity contribution < 1.29 is 9.90 Å². The number of likely N-dealkylation sites (tertiary alicyclic amines) is 1. The minimum atomic E-state index is -1.49. The average molecular weight is 151 g/mol. The molecule has 0 radical (unpaired) electrons. The van der Waals surface area contributed by atoms with Crippen LogP contribution in [0.4, 0.5) is 0 Å². The highest BCUT2D eigenvalue weighted by molar-refractivity contribution is 5.93. The Morgan fingerprint density at radius 3 is 2.82 bits per heavy atom. The molecule has 1 N–H and O–H groups in total. The first-order valence-corrected chi connectivity index (χ1v) is 3.58. The van der Waals surface area contributed by atoms with Crippen molar-refractivity contribution >= 4 is 5.91 Å². The molecule has 0 aromatic carbocycles. The van der Waals surface area contributed by atoms with Crippen molar-refractivity contribution in [2.75, 3.05) is 7.05 Å². The predicted octanol–water partition coefficient (Wildman–Crippen LogP) is -0.789. The first-order chi connectivity index (χ1) is 5.11. The molecule has 1 aliphatic heterocycles. The van der Waals surface area contributed by atoms with E-state index in [0.29, 0.717) is 0 Å². The van der Waals surface area contributed by atoms with Gasteiger partial charge in [0.2, 0.25) is 5.60 Å². The molecular weight excluding hydrogens is 142 g/mol. The van der Waals surface area contributed by atoms with Gasteiger partial charge in [0.15, 0.2) is 0 Å². The third-order valence-corrected chi connectivity index (χ3v) is 2.66. The number of aliphatic hydroxyl groups is 1. The van der Waals surface area contributed by atoms with Crippen molar-refractivity contribution in [1.29, 1.82) is 0 Å². The highest BCUT2D eigenvalue weighted by atomic mass is 16.3. The lowest BCUT2D eigenvalue weighted by Crippen LogP contribution is -2.41. The number of likely N-dealkylation sites (N-methyl/N-ethyl adjacent to an activating group) is 1. The Hall–Kier alpha value is -1.01. The maximum atomic E-state index is 11.2. The largest absolute Gasteiger partial charge is 0.369 e. The van der Waals surface area contributed by atoms with Crippen LogP contribution in [0.25, 0.3) is 0 Å². The number of rotatable bonds is 0. The van der Waals surface area contributed by atoms with Crippen molar-refractivity contribution in [3.63, 3.8) is 0 Å². The Balaban J connectivity index is 2.39. The summed E-state index contributed by atoms with van der Waals surface area (Å²) >= 11 is 0. The first kappa shape index (κ1) is 6.68. The Bertz CT molecular complexity index is 268. The van der Waals surface area contributed by atoms with E-state index in [1.54, 1.807) is 11.9 Å². The van der Waals surface area contributed by atoms with Gasteiger partial charge in [-0.05, 0) is 6.42 Å². The first-order valence-electron chi connectivity index (χ1n) is 3.58. The normalized spacial score (nSPS) is 47.0. The van der Waals surface area contributed by atoms with Gasteiger partial charge in [0.1, 0.15) is 0 Å². The summed E-state index contributed by atoms with van der Waals surface area (Å²) in [7, 11) is 1.68. The molecule has 0 aromatic rings. The van der Waals surface area contributed by atoms with Crippen LogP contribution in [-0.4, -0.2) is 34.6 Å². The lowest BCUT2D eigenvalue weighted by molar-refractivity contribution is -0.140. The monoisotopic (exact) mass is 151 g/mol. The van der Waals surface area contributed by atoms with Gasteiger partial charge in [-0.25, -0.2) is 0 Å². The molecule has 1 heterocycles. The Kier molecular flexibility index (Phi) is 0.967. The van der Waals surface area contributed by atoms with Crippen LogP contribution in [0, 0.1) is 18.3 Å². The lowest BCUT2D eigenvalue weighted by atomic mass is 10.0. The number of carbonyl (C=O) groups excluding carboxylic acids is 1. The van der Waals surface area contributed by atoms with Gasteiger partial charge in [-0.15, -0.1) is 6.42 Å². The van der Waals surface area contributed by atoms with Crippen LogP contribution in [0.15, 0.2) is 0 Å². The van der Waals surface area contributed by atoms with Crippen LogP contribution < -0.4 is 0 Å². The zero-order valence-electron chi connectivity index (χ0n) is 6.24. The summed E-state index contributed by atoms with van der Waals surface area (Å²) in [4.78, 5) is 12.8. The van der Waals surface area contributed by atoms with Crippen LogP contribution in [0.3, 0.4) is 0 Å². The zero-order chi connectivity index (χ0) is 8.22. The van der Waals surface area contributed by atoms with E-state index in [1.165, 1.54) is 0 Å². The molecular formula is C8H9NO2. The maximum Gasteiger partial charge on any atom is 0.267 e. The minimum Gasteiger partial charge on any atom is -0.369 e. The molecule has 3 nitrogen and oxygen atoms in total.